The van der Waals surface area contributed by atoms with Gasteiger partial charge in [0, 0.05) is 9.35 Å². The zero-order chi connectivity index (χ0) is 13.1. The molecule has 1 aromatic heterocycles. The first-order chi connectivity index (χ1) is 8.61. The van der Waals surface area contributed by atoms with E-state index in [0.29, 0.717) is 18.2 Å². The molecule has 18 heavy (non-hydrogen) atoms. The van der Waals surface area contributed by atoms with Crippen LogP contribution in [0.25, 0.3) is 0 Å². The van der Waals surface area contributed by atoms with Gasteiger partial charge in [-0.2, -0.15) is 0 Å². The lowest BCUT2D eigenvalue weighted by molar-refractivity contribution is 0.0324. The molecule has 102 valence electrons. The maximum atomic E-state index is 6.04. The van der Waals surface area contributed by atoms with Crippen LogP contribution in [0.4, 0.5) is 0 Å². The van der Waals surface area contributed by atoms with Crippen LogP contribution in [0.1, 0.15) is 44.0 Å². The van der Waals surface area contributed by atoms with E-state index in [1.165, 1.54) is 11.3 Å². The van der Waals surface area contributed by atoms with Crippen LogP contribution in [0.3, 0.4) is 0 Å². The van der Waals surface area contributed by atoms with Gasteiger partial charge in [-0.05, 0) is 70.7 Å². The van der Waals surface area contributed by atoms with E-state index in [-0.39, 0.29) is 0 Å². The molecule has 1 aliphatic heterocycles. The topological polar surface area (TPSA) is 21.3 Å². The van der Waals surface area contributed by atoms with Crippen LogP contribution in [0.2, 0.25) is 0 Å². The number of thiophene rings is 1. The normalized spacial score (nSPS) is 25.6. The first kappa shape index (κ1) is 15.0. The van der Waals surface area contributed by atoms with Crippen LogP contribution in [0.15, 0.2) is 14.3 Å². The Morgan fingerprint density at radius 3 is 2.78 bits per heavy atom. The molecule has 1 saturated heterocycles. The molecule has 0 aliphatic carbocycles. The van der Waals surface area contributed by atoms with Crippen LogP contribution in [-0.4, -0.2) is 18.8 Å². The fourth-order valence-electron chi connectivity index (χ4n) is 2.31. The number of halogens is 2. The molecule has 1 fully saturated rings. The second-order valence-electron chi connectivity index (χ2n) is 4.76. The molecule has 0 bridgehead atoms. The fourth-order valence-corrected chi connectivity index (χ4v) is 4.53. The fraction of sp³-hybridized carbons (Fsp3) is 0.692. The van der Waals surface area contributed by atoms with Gasteiger partial charge in [-0.1, -0.05) is 6.92 Å². The van der Waals surface area contributed by atoms with Gasteiger partial charge in [-0.3, -0.25) is 0 Å². The molecule has 0 saturated carbocycles. The van der Waals surface area contributed by atoms with Crippen LogP contribution >= 0.6 is 43.2 Å². The monoisotopic (exact) mass is 395 g/mol. The van der Waals surface area contributed by atoms with Crippen LogP contribution in [-0.2, 0) is 4.74 Å². The maximum absolute atomic E-state index is 6.04. The molecule has 0 aromatic carbocycles. The van der Waals surface area contributed by atoms with Crippen molar-refractivity contribution in [2.75, 3.05) is 6.54 Å². The van der Waals surface area contributed by atoms with Crippen molar-refractivity contribution in [1.29, 1.82) is 0 Å². The minimum atomic E-state index is 0.309. The van der Waals surface area contributed by atoms with Crippen molar-refractivity contribution in [3.8, 4) is 0 Å². The number of rotatable bonds is 5. The Kier molecular flexibility index (Phi) is 5.69. The summed E-state index contributed by atoms with van der Waals surface area (Å²) in [5.74, 6) is 0. The highest BCUT2D eigenvalue weighted by molar-refractivity contribution is 9.13. The second kappa shape index (κ2) is 6.84. The maximum Gasteiger partial charge on any atom is 0.0843 e. The highest BCUT2D eigenvalue weighted by atomic mass is 79.9. The van der Waals surface area contributed by atoms with Crippen LogP contribution in [0, 0.1) is 0 Å². The van der Waals surface area contributed by atoms with Gasteiger partial charge in [0.05, 0.1) is 22.0 Å². The molecule has 0 amide bonds. The van der Waals surface area contributed by atoms with Crippen molar-refractivity contribution in [3.63, 3.8) is 0 Å². The van der Waals surface area contributed by atoms with Gasteiger partial charge in [-0.15, -0.1) is 11.3 Å². The molecule has 2 rings (SSSR count). The summed E-state index contributed by atoms with van der Waals surface area (Å²) < 4.78 is 8.33. The summed E-state index contributed by atoms with van der Waals surface area (Å²) >= 11 is 8.93. The third-order valence-electron chi connectivity index (χ3n) is 3.22. The zero-order valence-corrected chi connectivity index (χ0v) is 14.7. The Balaban J connectivity index is 2.13. The summed E-state index contributed by atoms with van der Waals surface area (Å²) in [5, 5.41) is 3.63. The van der Waals surface area contributed by atoms with E-state index in [1.54, 1.807) is 11.3 Å². The van der Waals surface area contributed by atoms with Gasteiger partial charge in [0.25, 0.3) is 0 Å². The number of hydrogen-bond donors (Lipinski definition) is 1. The Morgan fingerprint density at radius 1 is 1.50 bits per heavy atom. The van der Waals surface area contributed by atoms with E-state index in [2.05, 4.69) is 57.1 Å². The molecule has 3 atom stereocenters. The molecule has 1 aliphatic rings. The van der Waals surface area contributed by atoms with Crippen molar-refractivity contribution in [2.24, 2.45) is 0 Å². The second-order valence-corrected chi connectivity index (χ2v) is 8.02. The molecule has 1 aromatic rings. The molecule has 0 radical (unpaired) electrons. The molecule has 1 N–H and O–H groups in total. The minimum Gasteiger partial charge on any atom is -0.373 e. The Hall–Kier alpha value is 0.580. The van der Waals surface area contributed by atoms with Gasteiger partial charge >= 0.3 is 0 Å². The summed E-state index contributed by atoms with van der Waals surface area (Å²) in [4.78, 5) is 1.35. The van der Waals surface area contributed by atoms with Crippen molar-refractivity contribution in [3.05, 3.63) is 19.2 Å². The summed E-state index contributed by atoms with van der Waals surface area (Å²) in [6.07, 6.45) is 4.17. The average molecular weight is 397 g/mol. The van der Waals surface area contributed by atoms with Gasteiger partial charge in [0.1, 0.15) is 0 Å². The molecule has 0 spiro atoms. The lowest BCUT2D eigenvalue weighted by Crippen LogP contribution is -2.32. The Morgan fingerprint density at radius 2 is 2.28 bits per heavy atom. The van der Waals surface area contributed by atoms with Crippen LogP contribution < -0.4 is 5.32 Å². The summed E-state index contributed by atoms with van der Waals surface area (Å²) in [7, 11) is 0. The SMILES string of the molecule is CCCNC(c1cc(Br)c(Br)s1)C1CCC(C)O1. The third-order valence-corrected chi connectivity index (χ3v) is 6.56. The summed E-state index contributed by atoms with van der Waals surface area (Å²) in [6.45, 7) is 5.39. The van der Waals surface area contributed by atoms with Crippen molar-refractivity contribution >= 4 is 43.2 Å². The van der Waals surface area contributed by atoms with Gasteiger partial charge in [0.15, 0.2) is 0 Å². The Bertz CT molecular complexity index is 377. The molecular weight excluding hydrogens is 378 g/mol. The average Bonchev–Trinajstić information content (AvgIpc) is 2.88. The quantitative estimate of drug-likeness (QED) is 0.765. The van der Waals surface area contributed by atoms with Gasteiger partial charge in [0.2, 0.25) is 0 Å². The molecule has 2 heterocycles. The summed E-state index contributed by atoms with van der Waals surface area (Å²) in [5.41, 5.74) is 0. The number of hydrogen-bond acceptors (Lipinski definition) is 3. The summed E-state index contributed by atoms with van der Waals surface area (Å²) in [6, 6.07) is 2.52. The van der Waals surface area contributed by atoms with E-state index < -0.39 is 0 Å². The standard InChI is InChI=1S/C13H19Br2NOS/c1-3-6-16-12(10-5-4-8(2)17-10)11-7-9(14)13(15)18-11/h7-8,10,12,16H,3-6H2,1-2H3. The van der Waals surface area contributed by atoms with E-state index >= 15 is 0 Å². The van der Waals surface area contributed by atoms with Crippen molar-refractivity contribution in [1.82, 2.24) is 5.32 Å². The first-order valence-electron chi connectivity index (χ1n) is 6.45. The smallest absolute Gasteiger partial charge is 0.0843 e. The van der Waals surface area contributed by atoms with E-state index in [1.807, 2.05) is 0 Å². The molecular formula is C13H19Br2NOS. The zero-order valence-electron chi connectivity index (χ0n) is 10.7. The lowest BCUT2D eigenvalue weighted by Gasteiger charge is -2.23. The van der Waals surface area contributed by atoms with Gasteiger partial charge in [-0.25, -0.2) is 0 Å². The first-order valence-corrected chi connectivity index (χ1v) is 8.85. The van der Waals surface area contributed by atoms with Crippen molar-refractivity contribution < 1.29 is 4.74 Å². The molecule has 5 heteroatoms. The number of nitrogens with one attached hydrogen (secondary N) is 1. The van der Waals surface area contributed by atoms with E-state index in [0.717, 1.165) is 27.6 Å². The van der Waals surface area contributed by atoms with E-state index in [9.17, 15) is 0 Å². The third kappa shape index (κ3) is 3.57. The lowest BCUT2D eigenvalue weighted by atomic mass is 10.1. The Labute approximate surface area is 130 Å². The van der Waals surface area contributed by atoms with Crippen molar-refractivity contribution in [2.45, 2.75) is 51.4 Å². The highest BCUT2D eigenvalue weighted by Gasteiger charge is 2.31. The highest BCUT2D eigenvalue weighted by Crippen LogP contribution is 2.39. The minimum absolute atomic E-state index is 0.309. The predicted octanol–water partition coefficient (Wildman–Crippen LogP) is 4.88. The molecule has 2 nitrogen and oxygen atoms in total. The predicted molar refractivity (Wildman–Crippen MR) is 84.3 cm³/mol. The number of ether oxygens (including phenoxy) is 1. The van der Waals surface area contributed by atoms with E-state index in [4.69, 9.17) is 4.74 Å². The van der Waals surface area contributed by atoms with Crippen LogP contribution in [0.5, 0.6) is 0 Å². The van der Waals surface area contributed by atoms with Gasteiger partial charge < -0.3 is 10.1 Å². The molecule has 3 unspecified atom stereocenters. The largest absolute Gasteiger partial charge is 0.373 e.